The molecule has 0 amide bonds. The third kappa shape index (κ3) is 2.43. The van der Waals surface area contributed by atoms with Gasteiger partial charge in [-0.3, -0.25) is 0 Å². The van der Waals surface area contributed by atoms with Crippen molar-refractivity contribution in [3.8, 4) is 6.07 Å². The molecule has 1 rings (SSSR count). The first-order chi connectivity index (χ1) is 6.69. The Morgan fingerprint density at radius 3 is 2.79 bits per heavy atom. The molecule has 70 valence electrons. The van der Waals surface area contributed by atoms with Gasteiger partial charge in [0.1, 0.15) is 0 Å². The Kier molecular flexibility index (Phi) is 3.84. The van der Waals surface area contributed by atoms with Gasteiger partial charge in [0.2, 0.25) is 6.08 Å². The van der Waals surface area contributed by atoms with E-state index in [0.717, 1.165) is 4.47 Å². The third-order valence-corrected chi connectivity index (χ3v) is 2.80. The SMILES string of the molecule is N#CC(N=C=O)c1ccc(Br)c(Cl)c1. The highest BCUT2D eigenvalue weighted by Crippen LogP contribution is 2.26. The summed E-state index contributed by atoms with van der Waals surface area (Å²) < 4.78 is 0.731. The van der Waals surface area contributed by atoms with E-state index in [9.17, 15) is 4.79 Å². The summed E-state index contributed by atoms with van der Waals surface area (Å²) >= 11 is 9.04. The average Bonchev–Trinajstić information content (AvgIpc) is 2.19. The van der Waals surface area contributed by atoms with Crippen LogP contribution in [0.1, 0.15) is 11.6 Å². The molecule has 1 atom stereocenters. The minimum absolute atomic E-state index is 0.476. The van der Waals surface area contributed by atoms with E-state index in [2.05, 4.69) is 20.9 Å². The van der Waals surface area contributed by atoms with Crippen LogP contribution < -0.4 is 0 Å². The summed E-state index contributed by atoms with van der Waals surface area (Å²) in [5.41, 5.74) is 0.573. The van der Waals surface area contributed by atoms with Gasteiger partial charge in [0.15, 0.2) is 6.04 Å². The van der Waals surface area contributed by atoms with Crippen molar-refractivity contribution in [2.75, 3.05) is 0 Å². The molecule has 1 unspecified atom stereocenters. The van der Waals surface area contributed by atoms with Gasteiger partial charge in [-0.25, -0.2) is 4.79 Å². The lowest BCUT2D eigenvalue weighted by atomic mass is 10.1. The van der Waals surface area contributed by atoms with E-state index >= 15 is 0 Å². The second-order valence-corrected chi connectivity index (χ2v) is 3.69. The molecular weight excluding hydrogens is 267 g/mol. The molecule has 0 saturated heterocycles. The number of halogens is 2. The number of benzene rings is 1. The second kappa shape index (κ2) is 4.92. The highest BCUT2D eigenvalue weighted by Gasteiger charge is 2.09. The molecule has 0 spiro atoms. The highest BCUT2D eigenvalue weighted by molar-refractivity contribution is 9.10. The second-order valence-electron chi connectivity index (χ2n) is 2.43. The summed E-state index contributed by atoms with van der Waals surface area (Å²) in [5.74, 6) is 0. The Morgan fingerprint density at radius 1 is 1.57 bits per heavy atom. The number of nitriles is 1. The number of carbonyl (C=O) groups excluding carboxylic acids is 1. The topological polar surface area (TPSA) is 53.2 Å². The van der Waals surface area contributed by atoms with E-state index in [1.165, 1.54) is 6.08 Å². The van der Waals surface area contributed by atoms with Crippen LogP contribution in [0.3, 0.4) is 0 Å². The molecule has 0 aromatic heterocycles. The normalized spacial score (nSPS) is 11.2. The summed E-state index contributed by atoms with van der Waals surface area (Å²) in [7, 11) is 0. The number of hydrogen-bond acceptors (Lipinski definition) is 3. The van der Waals surface area contributed by atoms with Crippen LogP contribution in [0.25, 0.3) is 0 Å². The first-order valence-electron chi connectivity index (χ1n) is 3.60. The maximum absolute atomic E-state index is 10.0. The van der Waals surface area contributed by atoms with E-state index in [1.54, 1.807) is 18.2 Å². The number of rotatable bonds is 2. The summed E-state index contributed by atoms with van der Waals surface area (Å²) in [6.45, 7) is 0. The van der Waals surface area contributed by atoms with Crippen molar-refractivity contribution in [1.29, 1.82) is 5.26 Å². The molecule has 1 aromatic rings. The smallest absolute Gasteiger partial charge is 0.211 e. The van der Waals surface area contributed by atoms with Crippen LogP contribution in [0.2, 0.25) is 5.02 Å². The Balaban J connectivity index is 3.13. The quantitative estimate of drug-likeness (QED) is 0.613. The van der Waals surface area contributed by atoms with Gasteiger partial charge in [-0.2, -0.15) is 10.3 Å². The van der Waals surface area contributed by atoms with Gasteiger partial charge >= 0.3 is 0 Å². The lowest BCUT2D eigenvalue weighted by Gasteiger charge is -2.03. The van der Waals surface area contributed by atoms with E-state index in [-0.39, 0.29) is 0 Å². The molecule has 0 aliphatic carbocycles. The highest BCUT2D eigenvalue weighted by atomic mass is 79.9. The monoisotopic (exact) mass is 270 g/mol. The Morgan fingerprint density at radius 2 is 2.29 bits per heavy atom. The number of hydrogen-bond donors (Lipinski definition) is 0. The molecule has 3 nitrogen and oxygen atoms in total. The zero-order valence-corrected chi connectivity index (χ0v) is 9.21. The zero-order chi connectivity index (χ0) is 10.6. The van der Waals surface area contributed by atoms with E-state index in [1.807, 2.05) is 6.07 Å². The fourth-order valence-electron chi connectivity index (χ4n) is 0.913. The molecule has 0 fully saturated rings. The van der Waals surface area contributed by atoms with Crippen LogP contribution in [0.4, 0.5) is 0 Å². The van der Waals surface area contributed by atoms with Crippen LogP contribution in [-0.2, 0) is 4.79 Å². The van der Waals surface area contributed by atoms with Gasteiger partial charge in [-0.15, -0.1) is 0 Å². The molecular formula is C9H4BrClN2O. The van der Waals surface area contributed by atoms with Gasteiger partial charge in [-0.1, -0.05) is 17.7 Å². The lowest BCUT2D eigenvalue weighted by Crippen LogP contribution is -1.91. The Bertz CT molecular complexity index is 435. The predicted octanol–water partition coefficient (Wildman–Crippen LogP) is 3.00. The van der Waals surface area contributed by atoms with Crippen molar-refractivity contribution in [3.05, 3.63) is 33.3 Å². The minimum atomic E-state index is -0.835. The Labute approximate surface area is 94.1 Å². The van der Waals surface area contributed by atoms with Crippen LogP contribution in [0.5, 0.6) is 0 Å². The number of aliphatic imine (C=N–C) groups is 1. The summed E-state index contributed by atoms with van der Waals surface area (Å²) in [6.07, 6.45) is 1.35. The van der Waals surface area contributed by atoms with E-state index in [0.29, 0.717) is 10.6 Å². The first kappa shape index (κ1) is 10.9. The van der Waals surface area contributed by atoms with Crippen molar-refractivity contribution in [2.24, 2.45) is 4.99 Å². The van der Waals surface area contributed by atoms with Crippen molar-refractivity contribution >= 4 is 33.6 Å². The van der Waals surface area contributed by atoms with Gasteiger partial charge in [-0.05, 0) is 33.6 Å². The van der Waals surface area contributed by atoms with Crippen LogP contribution >= 0.6 is 27.5 Å². The maximum atomic E-state index is 10.0. The average molecular weight is 272 g/mol. The molecule has 0 heterocycles. The molecule has 0 N–H and O–H groups in total. The molecule has 0 aliphatic rings. The number of isocyanates is 1. The molecule has 5 heteroatoms. The van der Waals surface area contributed by atoms with Gasteiger partial charge in [0, 0.05) is 4.47 Å². The van der Waals surface area contributed by atoms with E-state index < -0.39 is 6.04 Å². The first-order valence-corrected chi connectivity index (χ1v) is 4.77. The molecule has 0 saturated carbocycles. The molecule has 0 radical (unpaired) electrons. The Hall–Kier alpha value is -1.14. The largest absolute Gasteiger partial charge is 0.236 e. The summed E-state index contributed by atoms with van der Waals surface area (Å²) in [4.78, 5) is 13.4. The summed E-state index contributed by atoms with van der Waals surface area (Å²) in [5, 5.41) is 9.17. The standard InChI is InChI=1S/C9H4BrClN2O/c10-7-2-1-6(3-8(7)11)9(4-12)13-5-14/h1-3,9H. The lowest BCUT2D eigenvalue weighted by molar-refractivity contribution is 0.561. The van der Waals surface area contributed by atoms with Crippen LogP contribution in [0.15, 0.2) is 27.7 Å². The molecule has 14 heavy (non-hydrogen) atoms. The third-order valence-electron chi connectivity index (χ3n) is 1.56. The van der Waals surface area contributed by atoms with Gasteiger partial charge in [0.25, 0.3) is 0 Å². The number of nitrogens with zero attached hydrogens (tertiary/aromatic N) is 2. The van der Waals surface area contributed by atoms with Crippen molar-refractivity contribution in [2.45, 2.75) is 6.04 Å². The van der Waals surface area contributed by atoms with Crippen molar-refractivity contribution < 1.29 is 4.79 Å². The van der Waals surface area contributed by atoms with Crippen molar-refractivity contribution in [3.63, 3.8) is 0 Å². The van der Waals surface area contributed by atoms with E-state index in [4.69, 9.17) is 16.9 Å². The van der Waals surface area contributed by atoms with Gasteiger partial charge in [0.05, 0.1) is 11.1 Å². The predicted molar refractivity (Wildman–Crippen MR) is 55.6 cm³/mol. The maximum Gasteiger partial charge on any atom is 0.236 e. The fourth-order valence-corrected chi connectivity index (χ4v) is 1.35. The van der Waals surface area contributed by atoms with Gasteiger partial charge < -0.3 is 0 Å². The molecule has 0 bridgehead atoms. The van der Waals surface area contributed by atoms with Crippen molar-refractivity contribution in [1.82, 2.24) is 0 Å². The molecule has 0 aliphatic heterocycles. The molecule has 1 aromatic carbocycles. The summed E-state index contributed by atoms with van der Waals surface area (Å²) in [6, 6.07) is 5.98. The van der Waals surface area contributed by atoms with Crippen LogP contribution in [-0.4, -0.2) is 6.08 Å². The zero-order valence-electron chi connectivity index (χ0n) is 6.87. The minimum Gasteiger partial charge on any atom is -0.211 e. The van der Waals surface area contributed by atoms with Crippen LogP contribution in [0, 0.1) is 11.3 Å². The fraction of sp³-hybridized carbons (Fsp3) is 0.111.